The topological polar surface area (TPSA) is 54.9 Å². The Morgan fingerprint density at radius 3 is 2.80 bits per heavy atom. The lowest BCUT2D eigenvalue weighted by atomic mass is 10.1. The molecule has 0 radical (unpaired) electrons. The van der Waals surface area contributed by atoms with Gasteiger partial charge in [-0.1, -0.05) is 18.2 Å². The zero-order chi connectivity index (χ0) is 18.0. The van der Waals surface area contributed by atoms with Gasteiger partial charge in [-0.05, 0) is 31.0 Å². The van der Waals surface area contributed by atoms with Crippen molar-refractivity contribution in [2.45, 2.75) is 18.6 Å². The standard InChI is InChI=1S/C19H25N3O3/c1-21-12-15(24-3)10-14(21)11-22(2)19(23)17-9-13-7-5-6-8-16(13)18(20-17)25-4/h5-9,14-15H,10-12H2,1-4H3/t14-,15-/m0/s1. The van der Waals surface area contributed by atoms with Gasteiger partial charge in [0.1, 0.15) is 5.69 Å². The zero-order valence-corrected chi connectivity index (χ0v) is 15.2. The van der Waals surface area contributed by atoms with Crippen molar-refractivity contribution in [3.63, 3.8) is 0 Å². The summed E-state index contributed by atoms with van der Waals surface area (Å²) in [4.78, 5) is 21.2. The highest BCUT2D eigenvalue weighted by Gasteiger charge is 2.31. The molecule has 0 aliphatic carbocycles. The van der Waals surface area contributed by atoms with Gasteiger partial charge in [0.2, 0.25) is 5.88 Å². The zero-order valence-electron chi connectivity index (χ0n) is 15.2. The molecule has 3 rings (SSSR count). The van der Waals surface area contributed by atoms with Crippen LogP contribution in [-0.2, 0) is 4.74 Å². The van der Waals surface area contributed by atoms with Crippen molar-refractivity contribution in [3.8, 4) is 5.88 Å². The highest BCUT2D eigenvalue weighted by Crippen LogP contribution is 2.25. The number of hydrogen-bond donors (Lipinski definition) is 0. The summed E-state index contributed by atoms with van der Waals surface area (Å²) in [6, 6.07) is 9.90. The fourth-order valence-electron chi connectivity index (χ4n) is 3.44. The number of likely N-dealkylation sites (N-methyl/N-ethyl adjacent to an activating group) is 2. The molecular formula is C19H25N3O3. The maximum atomic E-state index is 12.9. The minimum absolute atomic E-state index is 0.0988. The molecule has 1 aliphatic heterocycles. The molecule has 0 unspecified atom stereocenters. The first-order valence-corrected chi connectivity index (χ1v) is 8.45. The summed E-state index contributed by atoms with van der Waals surface area (Å²) in [5.41, 5.74) is 0.405. The molecule has 1 fully saturated rings. The predicted molar refractivity (Wildman–Crippen MR) is 97.1 cm³/mol. The second kappa shape index (κ2) is 7.37. The average molecular weight is 343 g/mol. The number of fused-ring (bicyclic) bond motifs is 1. The van der Waals surface area contributed by atoms with E-state index in [0.29, 0.717) is 24.2 Å². The van der Waals surface area contributed by atoms with Gasteiger partial charge in [-0.2, -0.15) is 0 Å². The first-order valence-electron chi connectivity index (χ1n) is 8.45. The van der Waals surface area contributed by atoms with Crippen LogP contribution in [-0.4, -0.2) is 74.2 Å². The van der Waals surface area contributed by atoms with E-state index in [1.165, 1.54) is 0 Å². The first kappa shape index (κ1) is 17.6. The number of aromatic nitrogens is 1. The summed E-state index contributed by atoms with van der Waals surface area (Å²) in [7, 11) is 7.20. The van der Waals surface area contributed by atoms with Gasteiger partial charge in [0.15, 0.2) is 0 Å². The molecule has 1 amide bonds. The Labute approximate surface area is 148 Å². The smallest absolute Gasteiger partial charge is 0.272 e. The number of rotatable bonds is 5. The van der Waals surface area contributed by atoms with Crippen LogP contribution in [0.5, 0.6) is 5.88 Å². The van der Waals surface area contributed by atoms with Crippen molar-refractivity contribution in [2.75, 3.05) is 41.4 Å². The van der Waals surface area contributed by atoms with Gasteiger partial charge in [-0.25, -0.2) is 4.98 Å². The van der Waals surface area contributed by atoms with E-state index in [0.717, 1.165) is 23.7 Å². The molecule has 2 aromatic rings. The predicted octanol–water partition coefficient (Wildman–Crippen LogP) is 2.03. The molecule has 0 saturated carbocycles. The highest BCUT2D eigenvalue weighted by atomic mass is 16.5. The van der Waals surface area contributed by atoms with E-state index in [1.807, 2.05) is 37.4 Å². The SMILES string of the molecule is COc1nc(C(=O)N(C)C[C@@H]2C[C@H](OC)CN2C)cc2ccccc12. The fourth-order valence-corrected chi connectivity index (χ4v) is 3.44. The highest BCUT2D eigenvalue weighted by molar-refractivity contribution is 5.98. The van der Waals surface area contributed by atoms with Gasteiger partial charge in [-0.15, -0.1) is 0 Å². The average Bonchev–Trinajstić information content (AvgIpc) is 2.99. The fraction of sp³-hybridized carbons (Fsp3) is 0.474. The van der Waals surface area contributed by atoms with Gasteiger partial charge < -0.3 is 14.4 Å². The molecule has 6 nitrogen and oxygen atoms in total. The van der Waals surface area contributed by atoms with Crippen LogP contribution in [0.4, 0.5) is 0 Å². The third-order valence-electron chi connectivity index (χ3n) is 4.93. The van der Waals surface area contributed by atoms with Gasteiger partial charge in [-0.3, -0.25) is 9.69 Å². The van der Waals surface area contributed by atoms with Crippen molar-refractivity contribution < 1.29 is 14.3 Å². The number of likely N-dealkylation sites (tertiary alicyclic amines) is 1. The second-order valence-corrected chi connectivity index (χ2v) is 6.61. The number of pyridine rings is 1. The van der Waals surface area contributed by atoms with Crippen LogP contribution in [0.25, 0.3) is 10.8 Å². The largest absolute Gasteiger partial charge is 0.481 e. The number of carbonyl (C=O) groups is 1. The van der Waals surface area contributed by atoms with E-state index in [-0.39, 0.29) is 12.0 Å². The Hall–Kier alpha value is -2.18. The molecule has 25 heavy (non-hydrogen) atoms. The lowest BCUT2D eigenvalue weighted by Gasteiger charge is -2.25. The summed E-state index contributed by atoms with van der Waals surface area (Å²) in [5, 5.41) is 1.85. The lowest BCUT2D eigenvalue weighted by molar-refractivity contribution is 0.0754. The molecule has 2 atom stereocenters. The third kappa shape index (κ3) is 3.60. The number of methoxy groups -OCH3 is 2. The summed E-state index contributed by atoms with van der Waals surface area (Å²) < 4.78 is 10.8. The van der Waals surface area contributed by atoms with Gasteiger partial charge >= 0.3 is 0 Å². The van der Waals surface area contributed by atoms with Crippen molar-refractivity contribution >= 4 is 16.7 Å². The Bertz CT molecular complexity index is 765. The minimum atomic E-state index is -0.0988. The molecule has 0 spiro atoms. The number of ether oxygens (including phenoxy) is 2. The molecular weight excluding hydrogens is 318 g/mol. The maximum Gasteiger partial charge on any atom is 0.272 e. The molecule has 1 aliphatic rings. The van der Waals surface area contributed by atoms with Crippen molar-refractivity contribution in [1.29, 1.82) is 0 Å². The van der Waals surface area contributed by atoms with Crippen LogP contribution in [0.3, 0.4) is 0 Å². The molecule has 134 valence electrons. The number of hydrogen-bond acceptors (Lipinski definition) is 5. The number of nitrogens with zero attached hydrogens (tertiary/aromatic N) is 3. The quantitative estimate of drug-likeness (QED) is 0.831. The van der Waals surface area contributed by atoms with Crippen LogP contribution in [0.2, 0.25) is 0 Å². The van der Waals surface area contributed by atoms with Gasteiger partial charge in [0.25, 0.3) is 5.91 Å². The van der Waals surface area contributed by atoms with Crippen molar-refractivity contribution in [2.24, 2.45) is 0 Å². The van der Waals surface area contributed by atoms with Crippen LogP contribution >= 0.6 is 0 Å². The molecule has 1 aromatic carbocycles. The summed E-state index contributed by atoms with van der Waals surface area (Å²) in [6.07, 6.45) is 1.16. The Morgan fingerprint density at radius 2 is 2.12 bits per heavy atom. The van der Waals surface area contributed by atoms with E-state index >= 15 is 0 Å². The molecule has 0 bridgehead atoms. The van der Waals surface area contributed by atoms with Crippen LogP contribution < -0.4 is 4.74 Å². The van der Waals surface area contributed by atoms with E-state index in [9.17, 15) is 4.79 Å². The van der Waals surface area contributed by atoms with E-state index in [1.54, 1.807) is 19.1 Å². The van der Waals surface area contributed by atoms with Crippen LogP contribution in [0.1, 0.15) is 16.9 Å². The number of amides is 1. The Kier molecular flexibility index (Phi) is 5.20. The summed E-state index contributed by atoms with van der Waals surface area (Å²) in [6.45, 7) is 1.54. The van der Waals surface area contributed by atoms with Gasteiger partial charge in [0, 0.05) is 38.7 Å². The molecule has 6 heteroatoms. The van der Waals surface area contributed by atoms with Gasteiger partial charge in [0.05, 0.1) is 13.2 Å². The van der Waals surface area contributed by atoms with Crippen molar-refractivity contribution in [1.82, 2.24) is 14.8 Å². The van der Waals surface area contributed by atoms with E-state index in [2.05, 4.69) is 16.9 Å². The summed E-state index contributed by atoms with van der Waals surface area (Å²) >= 11 is 0. The molecule has 1 saturated heterocycles. The third-order valence-corrected chi connectivity index (χ3v) is 4.93. The molecule has 0 N–H and O–H groups in total. The number of carbonyl (C=O) groups excluding carboxylic acids is 1. The summed E-state index contributed by atoms with van der Waals surface area (Å²) in [5.74, 6) is 0.380. The van der Waals surface area contributed by atoms with E-state index in [4.69, 9.17) is 9.47 Å². The first-order chi connectivity index (χ1) is 12.0. The Balaban J connectivity index is 1.79. The maximum absolute atomic E-state index is 12.9. The number of benzene rings is 1. The van der Waals surface area contributed by atoms with E-state index < -0.39 is 0 Å². The minimum Gasteiger partial charge on any atom is -0.481 e. The normalized spacial score (nSPS) is 20.8. The Morgan fingerprint density at radius 1 is 1.36 bits per heavy atom. The van der Waals surface area contributed by atoms with Crippen LogP contribution in [0, 0.1) is 0 Å². The van der Waals surface area contributed by atoms with Crippen molar-refractivity contribution in [3.05, 3.63) is 36.0 Å². The second-order valence-electron chi connectivity index (χ2n) is 6.61. The monoisotopic (exact) mass is 343 g/mol. The molecule has 2 heterocycles. The lowest BCUT2D eigenvalue weighted by Crippen LogP contribution is -2.39. The molecule has 1 aromatic heterocycles. The van der Waals surface area contributed by atoms with Crippen LogP contribution in [0.15, 0.2) is 30.3 Å².